The van der Waals surface area contributed by atoms with Gasteiger partial charge in [0.1, 0.15) is 0 Å². The lowest BCUT2D eigenvalue weighted by atomic mass is 10.1. The Balaban J connectivity index is 2.19. The number of amides is 1. The van der Waals surface area contributed by atoms with Crippen LogP contribution in [-0.4, -0.2) is 26.2 Å². The standard InChI is InChI=1S/C19H23ClN2O3/c1-4-21-12-13-7-6-8-15(9-13)22-19(23)14-10-16(20)18(25-5-2)17(11-14)24-3/h6-11,21H,4-5,12H2,1-3H3,(H,22,23). The summed E-state index contributed by atoms with van der Waals surface area (Å²) in [6.07, 6.45) is 0. The number of benzene rings is 2. The van der Waals surface area contributed by atoms with Crippen LogP contribution < -0.4 is 20.1 Å². The molecule has 0 saturated heterocycles. The van der Waals surface area contributed by atoms with Gasteiger partial charge in [-0.05, 0) is 43.3 Å². The highest BCUT2D eigenvalue weighted by Gasteiger charge is 2.16. The maximum atomic E-state index is 12.5. The summed E-state index contributed by atoms with van der Waals surface area (Å²) in [6, 6.07) is 10.9. The van der Waals surface area contributed by atoms with Crippen molar-refractivity contribution >= 4 is 23.2 Å². The van der Waals surface area contributed by atoms with Gasteiger partial charge in [-0.25, -0.2) is 0 Å². The van der Waals surface area contributed by atoms with Crippen LogP contribution in [0.15, 0.2) is 36.4 Å². The Morgan fingerprint density at radius 2 is 2.00 bits per heavy atom. The van der Waals surface area contributed by atoms with E-state index in [0.29, 0.717) is 28.7 Å². The molecule has 25 heavy (non-hydrogen) atoms. The zero-order valence-corrected chi connectivity index (χ0v) is 15.4. The first kappa shape index (κ1) is 19.1. The van der Waals surface area contributed by atoms with Crippen molar-refractivity contribution in [3.05, 3.63) is 52.5 Å². The number of hydrogen-bond donors (Lipinski definition) is 2. The molecule has 0 aliphatic rings. The lowest BCUT2D eigenvalue weighted by molar-refractivity contribution is 0.102. The van der Waals surface area contributed by atoms with E-state index in [4.69, 9.17) is 21.1 Å². The zero-order valence-electron chi connectivity index (χ0n) is 14.7. The second-order valence-corrected chi connectivity index (χ2v) is 5.76. The Bertz CT molecular complexity index is 735. The molecule has 0 aliphatic carbocycles. The first-order valence-electron chi connectivity index (χ1n) is 8.20. The molecule has 2 aromatic rings. The predicted molar refractivity (Wildman–Crippen MR) is 101 cm³/mol. The smallest absolute Gasteiger partial charge is 0.255 e. The summed E-state index contributed by atoms with van der Waals surface area (Å²) in [5.74, 6) is 0.611. The summed E-state index contributed by atoms with van der Waals surface area (Å²) in [5.41, 5.74) is 2.23. The number of carbonyl (C=O) groups excluding carboxylic acids is 1. The fourth-order valence-electron chi connectivity index (χ4n) is 2.37. The van der Waals surface area contributed by atoms with Crippen LogP contribution in [0.2, 0.25) is 5.02 Å². The molecule has 6 heteroatoms. The van der Waals surface area contributed by atoms with Crippen LogP contribution in [0.3, 0.4) is 0 Å². The van der Waals surface area contributed by atoms with E-state index in [1.165, 1.54) is 7.11 Å². The fraction of sp³-hybridized carbons (Fsp3) is 0.316. The maximum Gasteiger partial charge on any atom is 0.255 e. The minimum atomic E-state index is -0.260. The van der Waals surface area contributed by atoms with Crippen LogP contribution in [0.25, 0.3) is 0 Å². The molecule has 0 atom stereocenters. The molecule has 0 fully saturated rings. The minimum absolute atomic E-state index is 0.260. The van der Waals surface area contributed by atoms with Gasteiger partial charge in [0.05, 0.1) is 18.7 Å². The summed E-state index contributed by atoms with van der Waals surface area (Å²) in [4.78, 5) is 12.5. The van der Waals surface area contributed by atoms with E-state index in [2.05, 4.69) is 17.6 Å². The van der Waals surface area contributed by atoms with Crippen LogP contribution in [-0.2, 0) is 6.54 Å². The molecule has 0 radical (unpaired) electrons. The average molecular weight is 363 g/mol. The van der Waals surface area contributed by atoms with Gasteiger partial charge in [0.2, 0.25) is 0 Å². The summed E-state index contributed by atoms with van der Waals surface area (Å²) in [6.45, 7) is 6.01. The largest absolute Gasteiger partial charge is 0.493 e. The van der Waals surface area contributed by atoms with E-state index in [-0.39, 0.29) is 5.91 Å². The van der Waals surface area contributed by atoms with E-state index in [9.17, 15) is 4.79 Å². The summed E-state index contributed by atoms with van der Waals surface area (Å²) in [7, 11) is 1.51. The Labute approximate surface area is 153 Å². The van der Waals surface area contributed by atoms with Crippen molar-refractivity contribution in [3.8, 4) is 11.5 Å². The molecule has 2 aromatic carbocycles. The van der Waals surface area contributed by atoms with Crippen LogP contribution in [0.5, 0.6) is 11.5 Å². The van der Waals surface area contributed by atoms with Crippen molar-refractivity contribution in [1.29, 1.82) is 0 Å². The molecular weight excluding hydrogens is 340 g/mol. The topological polar surface area (TPSA) is 59.6 Å². The number of ether oxygens (including phenoxy) is 2. The third-order valence-corrected chi connectivity index (χ3v) is 3.83. The van der Waals surface area contributed by atoms with Crippen LogP contribution in [0.4, 0.5) is 5.69 Å². The Kier molecular flexibility index (Phi) is 7.10. The van der Waals surface area contributed by atoms with Gasteiger partial charge in [0.15, 0.2) is 11.5 Å². The third kappa shape index (κ3) is 5.11. The van der Waals surface area contributed by atoms with Crippen molar-refractivity contribution in [2.45, 2.75) is 20.4 Å². The lowest BCUT2D eigenvalue weighted by Crippen LogP contribution is -2.14. The summed E-state index contributed by atoms with van der Waals surface area (Å²) < 4.78 is 10.8. The summed E-state index contributed by atoms with van der Waals surface area (Å²) >= 11 is 6.23. The molecular formula is C19H23ClN2O3. The molecule has 2 rings (SSSR count). The number of nitrogens with one attached hydrogen (secondary N) is 2. The van der Waals surface area contributed by atoms with Crippen molar-refractivity contribution in [1.82, 2.24) is 5.32 Å². The molecule has 0 bridgehead atoms. The molecule has 1 amide bonds. The highest BCUT2D eigenvalue weighted by atomic mass is 35.5. The highest BCUT2D eigenvalue weighted by molar-refractivity contribution is 6.32. The molecule has 0 aliphatic heterocycles. The number of hydrogen-bond acceptors (Lipinski definition) is 4. The van der Waals surface area contributed by atoms with Crippen LogP contribution in [0.1, 0.15) is 29.8 Å². The van der Waals surface area contributed by atoms with Crippen molar-refractivity contribution in [2.24, 2.45) is 0 Å². The first-order chi connectivity index (χ1) is 12.1. The van der Waals surface area contributed by atoms with Crippen LogP contribution in [0, 0.1) is 0 Å². The number of anilines is 1. The fourth-order valence-corrected chi connectivity index (χ4v) is 2.63. The summed E-state index contributed by atoms with van der Waals surface area (Å²) in [5, 5.41) is 6.48. The maximum absolute atomic E-state index is 12.5. The van der Waals surface area contributed by atoms with Gasteiger partial charge in [-0.3, -0.25) is 4.79 Å². The molecule has 134 valence electrons. The van der Waals surface area contributed by atoms with Crippen molar-refractivity contribution in [3.63, 3.8) is 0 Å². The number of methoxy groups -OCH3 is 1. The van der Waals surface area contributed by atoms with E-state index >= 15 is 0 Å². The first-order valence-corrected chi connectivity index (χ1v) is 8.58. The molecule has 5 nitrogen and oxygen atoms in total. The molecule has 0 aromatic heterocycles. The highest BCUT2D eigenvalue weighted by Crippen LogP contribution is 2.36. The Morgan fingerprint density at radius 3 is 2.68 bits per heavy atom. The van der Waals surface area contributed by atoms with E-state index in [0.717, 1.165) is 24.3 Å². The molecule has 0 spiro atoms. The monoisotopic (exact) mass is 362 g/mol. The van der Waals surface area contributed by atoms with Crippen LogP contribution >= 0.6 is 11.6 Å². The Morgan fingerprint density at radius 1 is 1.20 bits per heavy atom. The SMILES string of the molecule is CCNCc1cccc(NC(=O)c2cc(Cl)c(OCC)c(OC)c2)c1. The number of halogens is 1. The second kappa shape index (κ2) is 9.30. The second-order valence-electron chi connectivity index (χ2n) is 5.36. The third-order valence-electron chi connectivity index (χ3n) is 3.54. The molecule has 2 N–H and O–H groups in total. The van der Waals surface area contributed by atoms with Gasteiger partial charge in [0.25, 0.3) is 5.91 Å². The van der Waals surface area contributed by atoms with Gasteiger partial charge < -0.3 is 20.1 Å². The quantitative estimate of drug-likeness (QED) is 0.742. The number of rotatable bonds is 8. The Hall–Kier alpha value is -2.24. The van der Waals surface area contributed by atoms with Gasteiger partial charge >= 0.3 is 0 Å². The normalized spacial score (nSPS) is 10.4. The molecule has 0 unspecified atom stereocenters. The van der Waals surface area contributed by atoms with E-state index < -0.39 is 0 Å². The number of carbonyl (C=O) groups is 1. The van der Waals surface area contributed by atoms with Gasteiger partial charge in [-0.15, -0.1) is 0 Å². The lowest BCUT2D eigenvalue weighted by Gasteiger charge is -2.13. The molecule has 0 heterocycles. The minimum Gasteiger partial charge on any atom is -0.493 e. The van der Waals surface area contributed by atoms with E-state index in [1.807, 2.05) is 31.2 Å². The van der Waals surface area contributed by atoms with E-state index in [1.54, 1.807) is 12.1 Å². The average Bonchev–Trinajstić information content (AvgIpc) is 2.61. The molecule has 0 saturated carbocycles. The van der Waals surface area contributed by atoms with Gasteiger partial charge in [-0.1, -0.05) is 30.7 Å². The zero-order chi connectivity index (χ0) is 18.2. The van der Waals surface area contributed by atoms with Crippen molar-refractivity contribution in [2.75, 3.05) is 25.6 Å². The predicted octanol–water partition coefficient (Wildman–Crippen LogP) is 4.11. The van der Waals surface area contributed by atoms with Gasteiger partial charge in [-0.2, -0.15) is 0 Å². The van der Waals surface area contributed by atoms with Crippen molar-refractivity contribution < 1.29 is 14.3 Å². The van der Waals surface area contributed by atoms with Gasteiger partial charge in [0, 0.05) is 17.8 Å².